The molecule has 3 nitrogen and oxygen atoms in total. The Bertz CT molecular complexity index is 189. The third-order valence-corrected chi connectivity index (χ3v) is 3.73. The van der Waals surface area contributed by atoms with E-state index in [0.717, 1.165) is 6.54 Å². The number of likely N-dealkylation sites (N-methyl/N-ethyl adjacent to an activating group) is 2. The minimum absolute atomic E-state index is 0.273. The van der Waals surface area contributed by atoms with Crippen LogP contribution < -0.4 is 5.32 Å². The van der Waals surface area contributed by atoms with Crippen molar-refractivity contribution in [1.29, 1.82) is 0 Å². The number of rotatable bonds is 4. The Hall–Kier alpha value is -0.120. The lowest BCUT2D eigenvalue weighted by Crippen LogP contribution is -2.53. The summed E-state index contributed by atoms with van der Waals surface area (Å²) in [4.78, 5) is 4.90. The molecule has 1 saturated heterocycles. The van der Waals surface area contributed by atoms with Gasteiger partial charge in [0.15, 0.2) is 0 Å². The van der Waals surface area contributed by atoms with Crippen LogP contribution in [0.5, 0.6) is 0 Å². The number of hydrogen-bond acceptors (Lipinski definition) is 3. The van der Waals surface area contributed by atoms with Gasteiger partial charge in [-0.15, -0.1) is 0 Å². The van der Waals surface area contributed by atoms with Crippen LogP contribution in [-0.2, 0) is 0 Å². The standard InChI is InChI=1S/C12H27N3/c1-12(2,14(4)5)10-15-8-6-7-11(9-15)13-3/h11,13H,6-10H2,1-5H3. The molecule has 3 heteroatoms. The molecule has 0 aromatic carbocycles. The summed E-state index contributed by atoms with van der Waals surface area (Å²) in [6.45, 7) is 8.26. The first-order valence-corrected chi connectivity index (χ1v) is 6.03. The van der Waals surface area contributed by atoms with Gasteiger partial charge in [0.2, 0.25) is 0 Å². The minimum Gasteiger partial charge on any atom is -0.316 e. The zero-order valence-electron chi connectivity index (χ0n) is 11.0. The maximum atomic E-state index is 3.39. The molecule has 1 atom stereocenters. The van der Waals surface area contributed by atoms with Crippen LogP contribution in [0.4, 0.5) is 0 Å². The average molecular weight is 213 g/mol. The van der Waals surface area contributed by atoms with Crippen LogP contribution in [0.25, 0.3) is 0 Å². The highest BCUT2D eigenvalue weighted by molar-refractivity contribution is 4.85. The van der Waals surface area contributed by atoms with Crippen LogP contribution in [0.3, 0.4) is 0 Å². The summed E-state index contributed by atoms with van der Waals surface area (Å²) in [6, 6.07) is 0.691. The Balaban J connectivity index is 2.44. The van der Waals surface area contributed by atoms with Gasteiger partial charge in [-0.25, -0.2) is 0 Å². The summed E-state index contributed by atoms with van der Waals surface area (Å²) < 4.78 is 0. The fourth-order valence-corrected chi connectivity index (χ4v) is 2.12. The van der Waals surface area contributed by atoms with Crippen molar-refractivity contribution in [3.63, 3.8) is 0 Å². The fraction of sp³-hybridized carbons (Fsp3) is 1.00. The van der Waals surface area contributed by atoms with Gasteiger partial charge in [0.1, 0.15) is 0 Å². The lowest BCUT2D eigenvalue weighted by atomic mass is 9.99. The van der Waals surface area contributed by atoms with Crippen molar-refractivity contribution >= 4 is 0 Å². The monoisotopic (exact) mass is 213 g/mol. The van der Waals surface area contributed by atoms with E-state index in [1.54, 1.807) is 0 Å². The van der Waals surface area contributed by atoms with Crippen molar-refractivity contribution < 1.29 is 0 Å². The van der Waals surface area contributed by atoms with Crippen LogP contribution in [-0.4, -0.2) is 62.2 Å². The molecule has 1 N–H and O–H groups in total. The molecule has 0 amide bonds. The predicted octanol–water partition coefficient (Wildman–Crippen LogP) is 1.01. The van der Waals surface area contributed by atoms with Crippen molar-refractivity contribution in [3.8, 4) is 0 Å². The van der Waals surface area contributed by atoms with E-state index >= 15 is 0 Å². The topological polar surface area (TPSA) is 18.5 Å². The molecule has 1 heterocycles. The van der Waals surface area contributed by atoms with Crippen molar-refractivity contribution in [1.82, 2.24) is 15.1 Å². The Morgan fingerprint density at radius 3 is 2.60 bits per heavy atom. The summed E-state index contributed by atoms with van der Waals surface area (Å²) >= 11 is 0. The molecule has 0 aromatic heterocycles. The molecule has 0 aliphatic carbocycles. The van der Waals surface area contributed by atoms with Crippen LogP contribution in [0.15, 0.2) is 0 Å². The highest BCUT2D eigenvalue weighted by Crippen LogP contribution is 2.16. The van der Waals surface area contributed by atoms with Gasteiger partial charge in [-0.05, 0) is 54.4 Å². The third kappa shape index (κ3) is 3.74. The zero-order chi connectivity index (χ0) is 11.5. The van der Waals surface area contributed by atoms with Gasteiger partial charge < -0.3 is 10.2 Å². The second kappa shape index (κ2) is 5.28. The molecule has 1 fully saturated rings. The Morgan fingerprint density at radius 2 is 2.07 bits per heavy atom. The molecule has 1 aliphatic rings. The van der Waals surface area contributed by atoms with Gasteiger partial charge in [-0.3, -0.25) is 4.90 Å². The highest BCUT2D eigenvalue weighted by Gasteiger charge is 2.26. The van der Waals surface area contributed by atoms with Crippen LogP contribution >= 0.6 is 0 Å². The van der Waals surface area contributed by atoms with Gasteiger partial charge in [-0.2, -0.15) is 0 Å². The predicted molar refractivity (Wildman–Crippen MR) is 66.3 cm³/mol. The summed E-state index contributed by atoms with van der Waals surface area (Å²) in [7, 11) is 6.41. The molecular formula is C12H27N3. The van der Waals surface area contributed by atoms with Crippen LogP contribution in [0, 0.1) is 0 Å². The number of nitrogens with one attached hydrogen (secondary N) is 1. The van der Waals surface area contributed by atoms with E-state index in [1.165, 1.54) is 25.9 Å². The molecule has 0 spiro atoms. The number of likely N-dealkylation sites (tertiary alicyclic amines) is 1. The Kier molecular flexibility index (Phi) is 4.56. The van der Waals surface area contributed by atoms with E-state index < -0.39 is 0 Å². The quantitative estimate of drug-likeness (QED) is 0.752. The number of nitrogens with zero attached hydrogens (tertiary/aromatic N) is 2. The van der Waals surface area contributed by atoms with E-state index in [4.69, 9.17) is 0 Å². The molecule has 0 saturated carbocycles. The maximum Gasteiger partial charge on any atom is 0.0274 e. The summed E-state index contributed by atoms with van der Waals surface area (Å²) in [5.74, 6) is 0. The van der Waals surface area contributed by atoms with Crippen molar-refractivity contribution in [3.05, 3.63) is 0 Å². The average Bonchev–Trinajstić information content (AvgIpc) is 2.17. The largest absolute Gasteiger partial charge is 0.316 e. The SMILES string of the molecule is CNC1CCCN(CC(C)(C)N(C)C)C1. The summed E-state index contributed by atoms with van der Waals surface area (Å²) in [6.07, 6.45) is 2.66. The number of piperidine rings is 1. The molecule has 1 unspecified atom stereocenters. The molecule has 90 valence electrons. The normalized spacial score (nSPS) is 24.8. The van der Waals surface area contributed by atoms with Crippen molar-refractivity contribution in [2.24, 2.45) is 0 Å². The van der Waals surface area contributed by atoms with E-state index in [0.29, 0.717) is 6.04 Å². The lowest BCUT2D eigenvalue weighted by molar-refractivity contribution is 0.0956. The lowest BCUT2D eigenvalue weighted by Gasteiger charge is -2.41. The summed E-state index contributed by atoms with van der Waals surface area (Å²) in [5, 5.41) is 3.39. The Morgan fingerprint density at radius 1 is 1.40 bits per heavy atom. The van der Waals surface area contributed by atoms with Crippen LogP contribution in [0.2, 0.25) is 0 Å². The van der Waals surface area contributed by atoms with Gasteiger partial charge >= 0.3 is 0 Å². The van der Waals surface area contributed by atoms with E-state index in [1.807, 2.05) is 0 Å². The molecule has 15 heavy (non-hydrogen) atoms. The first kappa shape index (κ1) is 12.9. The van der Waals surface area contributed by atoms with Crippen molar-refractivity contribution in [2.75, 3.05) is 40.8 Å². The van der Waals surface area contributed by atoms with Crippen LogP contribution in [0.1, 0.15) is 26.7 Å². The number of hydrogen-bond donors (Lipinski definition) is 1. The van der Waals surface area contributed by atoms with Gasteiger partial charge in [-0.1, -0.05) is 0 Å². The van der Waals surface area contributed by atoms with Gasteiger partial charge in [0.05, 0.1) is 0 Å². The molecule has 0 radical (unpaired) electrons. The first-order chi connectivity index (χ1) is 6.95. The van der Waals surface area contributed by atoms with E-state index in [9.17, 15) is 0 Å². The Labute approximate surface area is 94.8 Å². The van der Waals surface area contributed by atoms with E-state index in [2.05, 4.69) is 50.1 Å². The second-order valence-electron chi connectivity index (χ2n) is 5.57. The van der Waals surface area contributed by atoms with E-state index in [-0.39, 0.29) is 5.54 Å². The third-order valence-electron chi connectivity index (χ3n) is 3.73. The molecular weight excluding hydrogens is 186 g/mol. The molecule has 1 aliphatic heterocycles. The minimum atomic E-state index is 0.273. The van der Waals surface area contributed by atoms with Gasteiger partial charge in [0.25, 0.3) is 0 Å². The second-order valence-corrected chi connectivity index (χ2v) is 5.57. The first-order valence-electron chi connectivity index (χ1n) is 6.03. The molecule has 0 bridgehead atoms. The maximum absolute atomic E-state index is 3.39. The fourth-order valence-electron chi connectivity index (χ4n) is 2.12. The summed E-state index contributed by atoms with van der Waals surface area (Å²) in [5.41, 5.74) is 0.273. The molecule has 0 aromatic rings. The van der Waals surface area contributed by atoms with Crippen molar-refractivity contribution in [2.45, 2.75) is 38.3 Å². The molecule has 1 rings (SSSR count). The smallest absolute Gasteiger partial charge is 0.0274 e. The highest BCUT2D eigenvalue weighted by atomic mass is 15.2. The zero-order valence-corrected chi connectivity index (χ0v) is 11.0. The van der Waals surface area contributed by atoms with Gasteiger partial charge in [0, 0.05) is 24.7 Å².